The van der Waals surface area contributed by atoms with Gasteiger partial charge in [0, 0.05) is 6.07 Å². The highest BCUT2D eigenvalue weighted by Gasteiger charge is 2.32. The maximum atomic E-state index is 12.0. The van der Waals surface area contributed by atoms with Crippen molar-refractivity contribution in [1.82, 2.24) is 14.1 Å². The van der Waals surface area contributed by atoms with E-state index in [1.54, 1.807) is 6.07 Å². The van der Waals surface area contributed by atoms with Crippen LogP contribution in [-0.4, -0.2) is 14.1 Å². The number of hydrogen-bond donors (Lipinski definition) is 0. The van der Waals surface area contributed by atoms with Crippen molar-refractivity contribution in [3.63, 3.8) is 0 Å². The summed E-state index contributed by atoms with van der Waals surface area (Å²) in [4.78, 5) is 16.0. The van der Waals surface area contributed by atoms with E-state index in [4.69, 9.17) is 0 Å². The van der Waals surface area contributed by atoms with Crippen molar-refractivity contribution in [2.45, 2.75) is 12.6 Å². The van der Waals surface area contributed by atoms with Gasteiger partial charge >= 0.3 is 0 Å². The minimum atomic E-state index is 0.0532. The van der Waals surface area contributed by atoms with E-state index in [1.165, 1.54) is 5.69 Å². The Morgan fingerprint density at radius 2 is 2.06 bits per heavy atom. The van der Waals surface area contributed by atoms with Crippen LogP contribution in [0, 0.1) is 0 Å². The topological polar surface area (TPSA) is 39.8 Å². The summed E-state index contributed by atoms with van der Waals surface area (Å²) in [6.07, 6.45) is 3.68. The van der Waals surface area contributed by atoms with Crippen LogP contribution in [-0.2, 0) is 6.54 Å². The quantitative estimate of drug-likeness (QED) is 0.681. The molecule has 0 fully saturated rings. The Hall–Kier alpha value is -2.36. The molecule has 3 aromatic rings. The Labute approximate surface area is 103 Å². The molecular weight excluding hydrogens is 226 g/mol. The van der Waals surface area contributed by atoms with E-state index in [2.05, 4.69) is 9.55 Å². The molecule has 4 nitrogen and oxygen atoms in total. The number of benzene rings is 1. The van der Waals surface area contributed by atoms with E-state index in [9.17, 15) is 4.79 Å². The van der Waals surface area contributed by atoms with Gasteiger partial charge in [-0.1, -0.05) is 18.2 Å². The third-order valence-corrected chi connectivity index (χ3v) is 3.56. The van der Waals surface area contributed by atoms with Crippen LogP contribution in [0.3, 0.4) is 0 Å². The fourth-order valence-corrected chi connectivity index (χ4v) is 2.54. The molecule has 1 atom stereocenters. The summed E-state index contributed by atoms with van der Waals surface area (Å²) in [5.74, 6) is 0. The lowest BCUT2D eigenvalue weighted by molar-refractivity contribution is 0.623. The number of para-hydroxylation sites is 1. The highest BCUT2D eigenvalue weighted by atomic mass is 16.1. The predicted molar refractivity (Wildman–Crippen MR) is 68.6 cm³/mol. The zero-order chi connectivity index (χ0) is 12.1. The van der Waals surface area contributed by atoms with Crippen LogP contribution in [0.5, 0.6) is 0 Å². The summed E-state index contributed by atoms with van der Waals surface area (Å²) in [6, 6.07) is 11.8. The van der Waals surface area contributed by atoms with Crippen LogP contribution in [0.1, 0.15) is 11.7 Å². The number of nitrogens with zero attached hydrogens (tertiary/aromatic N) is 3. The zero-order valence-corrected chi connectivity index (χ0v) is 9.65. The molecular formula is C14H11N3O. The highest BCUT2D eigenvalue weighted by Crippen LogP contribution is 2.34. The summed E-state index contributed by atoms with van der Waals surface area (Å²) in [5.41, 5.74) is 2.25. The molecule has 2 aromatic heterocycles. The second kappa shape index (κ2) is 3.32. The van der Waals surface area contributed by atoms with Crippen molar-refractivity contribution in [3.8, 4) is 0 Å². The first-order valence-electron chi connectivity index (χ1n) is 5.95. The maximum Gasteiger partial charge on any atom is 0.251 e. The van der Waals surface area contributed by atoms with Crippen molar-refractivity contribution < 1.29 is 0 Å². The van der Waals surface area contributed by atoms with Crippen LogP contribution in [0.4, 0.5) is 0 Å². The monoisotopic (exact) mass is 237 g/mol. The SMILES string of the molecule is O=c1ccc2ccccc2n1CC1c2cncn21. The van der Waals surface area contributed by atoms with Crippen LogP contribution in [0.15, 0.2) is 53.7 Å². The minimum Gasteiger partial charge on any atom is -0.322 e. The van der Waals surface area contributed by atoms with Crippen LogP contribution in [0.25, 0.3) is 10.9 Å². The molecule has 0 saturated carbocycles. The summed E-state index contributed by atoms with van der Waals surface area (Å²) < 4.78 is 3.93. The third kappa shape index (κ3) is 1.26. The van der Waals surface area contributed by atoms with E-state index in [1.807, 2.05) is 47.4 Å². The largest absolute Gasteiger partial charge is 0.322 e. The summed E-state index contributed by atoms with van der Waals surface area (Å²) in [7, 11) is 0. The number of aromatic nitrogens is 3. The van der Waals surface area contributed by atoms with Gasteiger partial charge in [-0.15, -0.1) is 0 Å². The molecule has 1 aliphatic heterocycles. The van der Waals surface area contributed by atoms with Crippen molar-refractivity contribution in [2.24, 2.45) is 0 Å². The summed E-state index contributed by atoms with van der Waals surface area (Å²) in [6.45, 7) is 0.692. The fraction of sp³-hybridized carbons (Fsp3) is 0.143. The van der Waals surface area contributed by atoms with Gasteiger partial charge < -0.3 is 9.13 Å². The molecule has 0 saturated heterocycles. The first kappa shape index (κ1) is 9.65. The van der Waals surface area contributed by atoms with Gasteiger partial charge in [-0.25, -0.2) is 4.98 Å². The number of fused-ring (bicyclic) bond motifs is 2. The molecule has 0 aliphatic carbocycles. The fourth-order valence-electron chi connectivity index (χ4n) is 2.54. The third-order valence-electron chi connectivity index (χ3n) is 3.56. The molecule has 4 heteroatoms. The van der Waals surface area contributed by atoms with Gasteiger partial charge in [0.2, 0.25) is 0 Å². The molecule has 88 valence electrons. The van der Waals surface area contributed by atoms with Crippen molar-refractivity contribution >= 4 is 10.9 Å². The highest BCUT2D eigenvalue weighted by molar-refractivity contribution is 5.78. The molecule has 1 unspecified atom stereocenters. The first-order valence-corrected chi connectivity index (χ1v) is 5.95. The lowest BCUT2D eigenvalue weighted by atomic mass is 10.2. The molecule has 0 amide bonds. The molecule has 1 aromatic carbocycles. The first-order chi connectivity index (χ1) is 8.84. The number of hydrogen-bond acceptors (Lipinski definition) is 2. The number of rotatable bonds is 2. The summed E-state index contributed by atoms with van der Waals surface area (Å²) >= 11 is 0. The summed E-state index contributed by atoms with van der Waals surface area (Å²) in [5, 5.41) is 1.10. The molecule has 0 spiro atoms. The van der Waals surface area contributed by atoms with Crippen LogP contribution >= 0.6 is 0 Å². The van der Waals surface area contributed by atoms with Gasteiger partial charge in [0.25, 0.3) is 5.56 Å². The van der Waals surface area contributed by atoms with Crippen molar-refractivity contribution in [3.05, 3.63) is 65.0 Å². The van der Waals surface area contributed by atoms with E-state index in [-0.39, 0.29) is 5.56 Å². The second-order valence-corrected chi connectivity index (χ2v) is 4.58. The molecule has 0 radical (unpaired) electrons. The molecule has 1 aliphatic rings. The maximum absolute atomic E-state index is 12.0. The Bertz CT molecular complexity index is 781. The molecule has 0 N–H and O–H groups in total. The molecule has 4 rings (SSSR count). The number of imidazole rings is 1. The van der Waals surface area contributed by atoms with Crippen molar-refractivity contribution in [2.75, 3.05) is 0 Å². The molecule has 0 bridgehead atoms. The van der Waals surface area contributed by atoms with Crippen molar-refractivity contribution in [1.29, 1.82) is 0 Å². The Kier molecular flexibility index (Phi) is 1.78. The van der Waals surface area contributed by atoms with Crippen LogP contribution < -0.4 is 5.56 Å². The standard InChI is InChI=1S/C14H11N3O/c18-14-6-5-10-3-1-2-4-11(10)16(14)8-13-12-7-15-9-17(12)13/h1-7,9,13H,8H2. The van der Waals surface area contributed by atoms with E-state index in [0.29, 0.717) is 12.6 Å². The van der Waals surface area contributed by atoms with Gasteiger partial charge in [0.15, 0.2) is 0 Å². The van der Waals surface area contributed by atoms with E-state index >= 15 is 0 Å². The predicted octanol–water partition coefficient (Wildman–Crippen LogP) is 1.80. The van der Waals surface area contributed by atoms with Gasteiger partial charge in [0.1, 0.15) is 0 Å². The lowest BCUT2D eigenvalue weighted by Gasteiger charge is -2.08. The Morgan fingerprint density at radius 3 is 2.89 bits per heavy atom. The van der Waals surface area contributed by atoms with Gasteiger partial charge in [-0.3, -0.25) is 4.79 Å². The Morgan fingerprint density at radius 1 is 1.17 bits per heavy atom. The van der Waals surface area contributed by atoms with Gasteiger partial charge in [0.05, 0.1) is 36.3 Å². The normalized spacial score (nSPS) is 16.8. The molecule has 3 heterocycles. The lowest BCUT2D eigenvalue weighted by Crippen LogP contribution is -2.20. The number of pyridine rings is 1. The smallest absolute Gasteiger partial charge is 0.251 e. The zero-order valence-electron chi connectivity index (χ0n) is 9.65. The van der Waals surface area contributed by atoms with E-state index < -0.39 is 0 Å². The molecule has 18 heavy (non-hydrogen) atoms. The van der Waals surface area contributed by atoms with Gasteiger partial charge in [-0.2, -0.15) is 0 Å². The Balaban J connectivity index is 1.82. The average molecular weight is 237 g/mol. The van der Waals surface area contributed by atoms with Crippen LogP contribution in [0.2, 0.25) is 0 Å². The van der Waals surface area contributed by atoms with Gasteiger partial charge in [-0.05, 0) is 17.5 Å². The average Bonchev–Trinajstić information content (AvgIpc) is 2.84. The minimum absolute atomic E-state index is 0.0532. The van der Waals surface area contributed by atoms with E-state index in [0.717, 1.165) is 10.9 Å². The second-order valence-electron chi connectivity index (χ2n) is 4.58.